The van der Waals surface area contributed by atoms with Gasteiger partial charge in [-0.25, -0.2) is 8.78 Å². The molecule has 1 aromatic carbocycles. The van der Waals surface area contributed by atoms with Crippen LogP contribution in [0.3, 0.4) is 0 Å². The zero-order valence-corrected chi connectivity index (χ0v) is 8.26. The first kappa shape index (κ1) is 12.3. The largest absolute Gasteiger partial charge is 0.490 e. The van der Waals surface area contributed by atoms with Crippen LogP contribution in [0.2, 0.25) is 0 Å². The summed E-state index contributed by atoms with van der Waals surface area (Å²) in [6.45, 7) is 0. The SMILES string of the molecule is COc1ccc(C(O)C(F)F)cc1[N+](=O)[O-]. The molecular formula is C9H9F2NO4. The number of hydrogen-bond donors (Lipinski definition) is 1. The molecule has 0 saturated carbocycles. The molecule has 0 aliphatic carbocycles. The monoisotopic (exact) mass is 233 g/mol. The van der Waals surface area contributed by atoms with Crippen LogP contribution in [0.4, 0.5) is 14.5 Å². The van der Waals surface area contributed by atoms with E-state index < -0.39 is 23.1 Å². The zero-order valence-electron chi connectivity index (χ0n) is 8.26. The number of aliphatic hydroxyl groups is 1. The van der Waals surface area contributed by atoms with Crippen molar-refractivity contribution in [3.05, 3.63) is 33.9 Å². The predicted octanol–water partition coefficient (Wildman–Crippen LogP) is 1.90. The number of halogens is 2. The number of aliphatic hydroxyl groups excluding tert-OH is 1. The lowest BCUT2D eigenvalue weighted by Crippen LogP contribution is -2.08. The van der Waals surface area contributed by atoms with E-state index in [0.29, 0.717) is 0 Å². The highest BCUT2D eigenvalue weighted by molar-refractivity contribution is 5.49. The van der Waals surface area contributed by atoms with Crippen LogP contribution in [0, 0.1) is 10.1 Å². The number of hydrogen-bond acceptors (Lipinski definition) is 4. The smallest absolute Gasteiger partial charge is 0.311 e. The molecule has 1 aromatic rings. The van der Waals surface area contributed by atoms with Crippen molar-refractivity contribution >= 4 is 5.69 Å². The van der Waals surface area contributed by atoms with Crippen LogP contribution < -0.4 is 4.74 Å². The first-order valence-corrected chi connectivity index (χ1v) is 4.26. The fraction of sp³-hybridized carbons (Fsp3) is 0.333. The minimum absolute atomic E-state index is 0.0461. The summed E-state index contributed by atoms with van der Waals surface area (Å²) in [6.07, 6.45) is -5.03. The Hall–Kier alpha value is -1.76. The Morgan fingerprint density at radius 1 is 1.50 bits per heavy atom. The third-order valence-electron chi connectivity index (χ3n) is 1.98. The van der Waals surface area contributed by atoms with Crippen molar-refractivity contribution < 1.29 is 23.5 Å². The van der Waals surface area contributed by atoms with Crippen molar-refractivity contribution in [2.45, 2.75) is 12.5 Å². The molecule has 88 valence electrons. The molecule has 0 bridgehead atoms. The topological polar surface area (TPSA) is 72.6 Å². The summed E-state index contributed by atoms with van der Waals surface area (Å²) >= 11 is 0. The van der Waals surface area contributed by atoms with Crippen LogP contribution in [0.25, 0.3) is 0 Å². The predicted molar refractivity (Wildman–Crippen MR) is 50.6 cm³/mol. The Morgan fingerprint density at radius 2 is 2.12 bits per heavy atom. The molecule has 5 nitrogen and oxygen atoms in total. The van der Waals surface area contributed by atoms with Gasteiger partial charge in [0.2, 0.25) is 0 Å². The number of nitro benzene ring substituents is 1. The van der Waals surface area contributed by atoms with Gasteiger partial charge >= 0.3 is 5.69 Å². The lowest BCUT2D eigenvalue weighted by Gasteiger charge is -2.10. The molecule has 0 spiro atoms. The number of benzene rings is 1. The minimum atomic E-state index is -2.99. The van der Waals surface area contributed by atoms with Crippen molar-refractivity contribution in [1.82, 2.24) is 0 Å². The summed E-state index contributed by atoms with van der Waals surface area (Å²) in [6, 6.07) is 3.19. The summed E-state index contributed by atoms with van der Waals surface area (Å²) < 4.78 is 29.0. The molecule has 1 unspecified atom stereocenters. The van der Waals surface area contributed by atoms with Crippen LogP contribution in [-0.2, 0) is 0 Å². The van der Waals surface area contributed by atoms with Gasteiger partial charge in [-0.3, -0.25) is 10.1 Å². The maximum Gasteiger partial charge on any atom is 0.311 e. The standard InChI is InChI=1S/C9H9F2NO4/c1-16-7-3-2-5(8(13)9(10)11)4-6(7)12(14)15/h2-4,8-9,13H,1H3. The quantitative estimate of drug-likeness (QED) is 0.636. The summed E-state index contributed by atoms with van der Waals surface area (Å²) in [4.78, 5) is 9.82. The Kier molecular flexibility index (Phi) is 3.73. The molecule has 0 radical (unpaired) electrons. The molecule has 1 atom stereocenters. The highest BCUT2D eigenvalue weighted by Gasteiger charge is 2.23. The maximum atomic E-state index is 12.2. The summed E-state index contributed by atoms with van der Waals surface area (Å²) in [7, 11) is 1.23. The molecule has 0 amide bonds. The first-order chi connectivity index (χ1) is 7.47. The van der Waals surface area contributed by atoms with E-state index in [1.54, 1.807) is 0 Å². The molecule has 1 N–H and O–H groups in total. The van der Waals surface area contributed by atoms with E-state index in [-0.39, 0.29) is 11.3 Å². The van der Waals surface area contributed by atoms with Crippen molar-refractivity contribution in [3.8, 4) is 5.75 Å². The summed E-state index contributed by atoms with van der Waals surface area (Å²) in [5.41, 5.74) is -0.679. The van der Waals surface area contributed by atoms with Gasteiger partial charge in [-0.15, -0.1) is 0 Å². The molecule has 0 fully saturated rings. The van der Waals surface area contributed by atoms with Gasteiger partial charge in [-0.1, -0.05) is 6.07 Å². The first-order valence-electron chi connectivity index (χ1n) is 4.26. The summed E-state index contributed by atoms with van der Waals surface area (Å²) in [5, 5.41) is 19.6. The number of rotatable bonds is 4. The second-order valence-electron chi connectivity index (χ2n) is 2.97. The van der Waals surface area contributed by atoms with Crippen molar-refractivity contribution in [2.24, 2.45) is 0 Å². The van der Waals surface area contributed by atoms with Gasteiger partial charge in [0.25, 0.3) is 6.43 Å². The Morgan fingerprint density at radius 3 is 2.56 bits per heavy atom. The minimum Gasteiger partial charge on any atom is -0.490 e. The van der Waals surface area contributed by atoms with Gasteiger partial charge < -0.3 is 9.84 Å². The van der Waals surface area contributed by atoms with Gasteiger partial charge in [0.05, 0.1) is 12.0 Å². The normalized spacial score (nSPS) is 12.6. The van der Waals surface area contributed by atoms with Gasteiger partial charge in [0, 0.05) is 6.07 Å². The molecule has 0 aromatic heterocycles. The van der Waals surface area contributed by atoms with E-state index in [1.165, 1.54) is 13.2 Å². The Labute approximate surface area is 89.4 Å². The molecule has 1 rings (SSSR count). The van der Waals surface area contributed by atoms with Gasteiger partial charge in [0.1, 0.15) is 6.10 Å². The van der Waals surface area contributed by atoms with E-state index in [9.17, 15) is 18.9 Å². The fourth-order valence-electron chi connectivity index (χ4n) is 1.18. The number of ether oxygens (including phenoxy) is 1. The second-order valence-corrected chi connectivity index (χ2v) is 2.97. The van der Waals surface area contributed by atoms with Crippen LogP contribution in [0.1, 0.15) is 11.7 Å². The lowest BCUT2D eigenvalue weighted by atomic mass is 10.1. The van der Waals surface area contributed by atoms with Crippen LogP contribution in [-0.4, -0.2) is 23.6 Å². The molecule has 0 aliphatic rings. The van der Waals surface area contributed by atoms with Crippen molar-refractivity contribution in [1.29, 1.82) is 0 Å². The number of nitro groups is 1. The van der Waals surface area contributed by atoms with Crippen LogP contribution in [0.5, 0.6) is 5.75 Å². The molecule has 0 saturated heterocycles. The van der Waals surface area contributed by atoms with E-state index in [1.807, 2.05) is 0 Å². The third kappa shape index (κ3) is 2.43. The average molecular weight is 233 g/mol. The zero-order chi connectivity index (χ0) is 12.3. The Balaban J connectivity index is 3.16. The van der Waals surface area contributed by atoms with Gasteiger partial charge in [-0.2, -0.15) is 0 Å². The van der Waals surface area contributed by atoms with Crippen molar-refractivity contribution in [3.63, 3.8) is 0 Å². The molecule has 0 aliphatic heterocycles. The molecule has 0 heterocycles. The maximum absolute atomic E-state index is 12.2. The van der Waals surface area contributed by atoms with Crippen LogP contribution >= 0.6 is 0 Å². The van der Waals surface area contributed by atoms with E-state index in [2.05, 4.69) is 0 Å². The molecule has 7 heteroatoms. The molecule has 16 heavy (non-hydrogen) atoms. The highest BCUT2D eigenvalue weighted by Crippen LogP contribution is 2.31. The van der Waals surface area contributed by atoms with E-state index in [4.69, 9.17) is 9.84 Å². The average Bonchev–Trinajstić information content (AvgIpc) is 2.26. The lowest BCUT2D eigenvalue weighted by molar-refractivity contribution is -0.385. The number of alkyl halides is 2. The molecular weight excluding hydrogens is 224 g/mol. The van der Waals surface area contributed by atoms with Gasteiger partial charge in [-0.05, 0) is 11.6 Å². The number of nitrogens with zero attached hydrogens (tertiary/aromatic N) is 1. The fourth-order valence-corrected chi connectivity index (χ4v) is 1.18. The van der Waals surface area contributed by atoms with Crippen LogP contribution in [0.15, 0.2) is 18.2 Å². The van der Waals surface area contributed by atoms with E-state index in [0.717, 1.165) is 12.1 Å². The number of methoxy groups -OCH3 is 1. The second kappa shape index (κ2) is 4.84. The Bertz CT molecular complexity index is 397. The summed E-state index contributed by atoms with van der Waals surface area (Å²) in [5.74, 6) is -0.0461. The third-order valence-corrected chi connectivity index (χ3v) is 1.98. The van der Waals surface area contributed by atoms with Gasteiger partial charge in [0.15, 0.2) is 5.75 Å². The van der Waals surface area contributed by atoms with Crippen molar-refractivity contribution in [2.75, 3.05) is 7.11 Å². The highest BCUT2D eigenvalue weighted by atomic mass is 19.3. The van der Waals surface area contributed by atoms with E-state index >= 15 is 0 Å².